The molecule has 1 heterocycles. The summed E-state index contributed by atoms with van der Waals surface area (Å²) in [5, 5.41) is 7.14. The molecule has 0 aromatic heterocycles. The average molecular weight is 451 g/mol. The van der Waals surface area contributed by atoms with E-state index in [-0.39, 0.29) is 24.0 Å². The molecule has 3 fully saturated rings. The van der Waals surface area contributed by atoms with Crippen molar-refractivity contribution in [3.8, 4) is 0 Å². The van der Waals surface area contributed by atoms with Crippen molar-refractivity contribution < 1.29 is 9.47 Å². The summed E-state index contributed by atoms with van der Waals surface area (Å²) in [5.41, 5.74) is 0.402. The minimum absolute atomic E-state index is 0. The lowest BCUT2D eigenvalue weighted by Crippen LogP contribution is -2.72. The van der Waals surface area contributed by atoms with Gasteiger partial charge in [-0.15, -0.1) is 24.0 Å². The Labute approximate surface area is 163 Å². The predicted molar refractivity (Wildman–Crippen MR) is 108 cm³/mol. The summed E-state index contributed by atoms with van der Waals surface area (Å²) in [4.78, 5) is 4.41. The summed E-state index contributed by atoms with van der Waals surface area (Å²) >= 11 is 0. The van der Waals surface area contributed by atoms with Crippen LogP contribution in [0.25, 0.3) is 0 Å². The monoisotopic (exact) mass is 451 g/mol. The van der Waals surface area contributed by atoms with E-state index in [1.54, 1.807) is 0 Å². The van der Waals surface area contributed by atoms with E-state index in [4.69, 9.17) is 9.47 Å². The number of aliphatic imine (C=N–C) groups is 1. The van der Waals surface area contributed by atoms with Gasteiger partial charge in [0.25, 0.3) is 0 Å². The van der Waals surface area contributed by atoms with Gasteiger partial charge in [0.1, 0.15) is 0 Å². The Morgan fingerprint density at radius 3 is 2.79 bits per heavy atom. The fourth-order valence-corrected chi connectivity index (χ4v) is 4.50. The van der Waals surface area contributed by atoms with Crippen molar-refractivity contribution >= 4 is 29.9 Å². The highest BCUT2D eigenvalue weighted by Crippen LogP contribution is 2.62. The largest absolute Gasteiger partial charge is 0.381 e. The molecule has 2 saturated carbocycles. The second-order valence-electron chi connectivity index (χ2n) is 7.77. The highest BCUT2D eigenvalue weighted by molar-refractivity contribution is 14.0. The van der Waals surface area contributed by atoms with Crippen LogP contribution in [0.4, 0.5) is 0 Å². The third-order valence-corrected chi connectivity index (χ3v) is 5.76. The Bertz CT molecular complexity index is 426. The molecule has 5 nitrogen and oxygen atoms in total. The number of halogens is 1. The second kappa shape index (κ2) is 9.03. The smallest absolute Gasteiger partial charge is 0.191 e. The standard InChI is InChI=1S/C18H33N3O2.HI/c1-13(2)12-22-10-5-9-20-17(19-3)21-15-14-6-11-23-16(14)18(15)7-4-8-18;/h13-16H,4-12H2,1-3H3,(H2,19,20,21);1H. The van der Waals surface area contributed by atoms with Crippen LogP contribution in [0.5, 0.6) is 0 Å². The number of rotatable bonds is 7. The lowest BCUT2D eigenvalue weighted by atomic mass is 9.46. The van der Waals surface area contributed by atoms with E-state index in [2.05, 4.69) is 29.5 Å². The van der Waals surface area contributed by atoms with Crippen molar-refractivity contribution in [1.82, 2.24) is 10.6 Å². The molecule has 2 aliphatic carbocycles. The Morgan fingerprint density at radius 2 is 2.17 bits per heavy atom. The van der Waals surface area contributed by atoms with E-state index in [0.29, 0.717) is 29.4 Å². The fourth-order valence-electron chi connectivity index (χ4n) is 4.50. The number of ether oxygens (including phenoxy) is 2. The molecule has 24 heavy (non-hydrogen) atoms. The highest BCUT2D eigenvalue weighted by Gasteiger charge is 2.66. The SMILES string of the molecule is CN=C(NCCCOCC(C)C)NC1C2CCOC2C12CCC2.I. The molecule has 3 unspecified atom stereocenters. The van der Waals surface area contributed by atoms with Crippen molar-refractivity contribution in [2.45, 2.75) is 58.1 Å². The Kier molecular flexibility index (Phi) is 7.61. The molecule has 1 spiro atoms. The molecule has 6 heteroatoms. The van der Waals surface area contributed by atoms with Crippen LogP contribution in [0.3, 0.4) is 0 Å². The van der Waals surface area contributed by atoms with Gasteiger partial charge in [-0.3, -0.25) is 4.99 Å². The van der Waals surface area contributed by atoms with E-state index >= 15 is 0 Å². The van der Waals surface area contributed by atoms with E-state index in [1.165, 1.54) is 25.7 Å². The maximum absolute atomic E-state index is 5.98. The van der Waals surface area contributed by atoms with Gasteiger partial charge in [0.15, 0.2) is 5.96 Å². The minimum Gasteiger partial charge on any atom is -0.381 e. The Balaban J connectivity index is 0.00000208. The van der Waals surface area contributed by atoms with Gasteiger partial charge >= 0.3 is 0 Å². The molecule has 1 saturated heterocycles. The van der Waals surface area contributed by atoms with Crippen LogP contribution < -0.4 is 10.6 Å². The molecular formula is C18H34IN3O2. The van der Waals surface area contributed by atoms with Crippen LogP contribution in [0, 0.1) is 17.3 Å². The predicted octanol–water partition coefficient (Wildman–Crippen LogP) is 2.79. The summed E-state index contributed by atoms with van der Waals surface area (Å²) in [5.74, 6) is 2.23. The van der Waals surface area contributed by atoms with E-state index in [1.807, 2.05) is 7.05 Å². The maximum atomic E-state index is 5.98. The molecule has 140 valence electrons. The van der Waals surface area contributed by atoms with Crippen molar-refractivity contribution in [1.29, 1.82) is 0 Å². The maximum Gasteiger partial charge on any atom is 0.191 e. The average Bonchev–Trinajstić information content (AvgIpc) is 2.89. The zero-order valence-corrected chi connectivity index (χ0v) is 17.7. The number of hydrogen-bond acceptors (Lipinski definition) is 3. The third-order valence-electron chi connectivity index (χ3n) is 5.76. The lowest BCUT2D eigenvalue weighted by Gasteiger charge is -2.63. The van der Waals surface area contributed by atoms with Crippen LogP contribution in [0.15, 0.2) is 4.99 Å². The molecule has 3 aliphatic rings. The summed E-state index contributed by atoms with van der Waals surface area (Å²) in [6.45, 7) is 7.86. The molecule has 3 rings (SSSR count). The second-order valence-corrected chi connectivity index (χ2v) is 7.77. The van der Waals surface area contributed by atoms with E-state index in [0.717, 1.165) is 38.7 Å². The number of fused-ring (bicyclic) bond motifs is 2. The van der Waals surface area contributed by atoms with Crippen LogP contribution >= 0.6 is 24.0 Å². The molecule has 3 atom stereocenters. The lowest BCUT2D eigenvalue weighted by molar-refractivity contribution is -0.171. The Hall–Kier alpha value is -0.0800. The van der Waals surface area contributed by atoms with Crippen molar-refractivity contribution in [2.24, 2.45) is 22.2 Å². The summed E-state index contributed by atoms with van der Waals surface area (Å²) in [6, 6.07) is 0.548. The van der Waals surface area contributed by atoms with Crippen LogP contribution in [-0.4, -0.2) is 51.5 Å². The van der Waals surface area contributed by atoms with Gasteiger partial charge in [0.2, 0.25) is 0 Å². The Morgan fingerprint density at radius 1 is 1.38 bits per heavy atom. The molecule has 0 radical (unpaired) electrons. The summed E-state index contributed by atoms with van der Waals surface area (Å²) in [7, 11) is 1.86. The molecule has 1 aliphatic heterocycles. The first-order valence-corrected chi connectivity index (χ1v) is 9.34. The van der Waals surface area contributed by atoms with Gasteiger partial charge in [0, 0.05) is 50.8 Å². The zero-order valence-electron chi connectivity index (χ0n) is 15.3. The van der Waals surface area contributed by atoms with Gasteiger partial charge < -0.3 is 20.1 Å². The third kappa shape index (κ3) is 4.01. The van der Waals surface area contributed by atoms with Gasteiger partial charge in [-0.2, -0.15) is 0 Å². The zero-order chi connectivity index (χ0) is 16.3. The molecular weight excluding hydrogens is 417 g/mol. The van der Waals surface area contributed by atoms with Crippen molar-refractivity contribution in [3.63, 3.8) is 0 Å². The van der Waals surface area contributed by atoms with Gasteiger partial charge in [0.05, 0.1) is 6.10 Å². The highest BCUT2D eigenvalue weighted by atomic mass is 127. The molecule has 0 aromatic carbocycles. The molecule has 0 bridgehead atoms. The molecule has 0 amide bonds. The normalized spacial score (nSPS) is 30.3. The van der Waals surface area contributed by atoms with E-state index < -0.39 is 0 Å². The molecule has 2 N–H and O–H groups in total. The first-order valence-electron chi connectivity index (χ1n) is 9.34. The number of hydrogen-bond donors (Lipinski definition) is 2. The number of nitrogens with one attached hydrogen (secondary N) is 2. The van der Waals surface area contributed by atoms with Gasteiger partial charge in [-0.05, 0) is 31.6 Å². The van der Waals surface area contributed by atoms with E-state index in [9.17, 15) is 0 Å². The van der Waals surface area contributed by atoms with Crippen LogP contribution in [0.1, 0.15) is 46.0 Å². The van der Waals surface area contributed by atoms with Gasteiger partial charge in [-0.1, -0.05) is 20.3 Å². The first-order chi connectivity index (χ1) is 11.2. The van der Waals surface area contributed by atoms with Crippen LogP contribution in [-0.2, 0) is 9.47 Å². The number of nitrogens with zero attached hydrogens (tertiary/aromatic N) is 1. The quantitative estimate of drug-likeness (QED) is 0.271. The summed E-state index contributed by atoms with van der Waals surface area (Å²) < 4.78 is 11.6. The minimum atomic E-state index is 0. The topological polar surface area (TPSA) is 54.9 Å². The van der Waals surface area contributed by atoms with Crippen molar-refractivity contribution in [3.05, 3.63) is 0 Å². The fraction of sp³-hybridized carbons (Fsp3) is 0.944. The summed E-state index contributed by atoms with van der Waals surface area (Å²) in [6.07, 6.45) is 6.70. The first kappa shape index (κ1) is 20.2. The molecule has 0 aromatic rings. The van der Waals surface area contributed by atoms with Crippen molar-refractivity contribution in [2.75, 3.05) is 33.4 Å². The van der Waals surface area contributed by atoms with Gasteiger partial charge in [-0.25, -0.2) is 0 Å². The van der Waals surface area contributed by atoms with Crippen LogP contribution in [0.2, 0.25) is 0 Å². The number of guanidine groups is 1.